The molecule has 0 saturated heterocycles. The number of alkyl halides is 3. The van der Waals surface area contributed by atoms with Gasteiger partial charge in [0.25, 0.3) is 0 Å². The topological polar surface area (TPSA) is 56.1 Å². The van der Waals surface area contributed by atoms with Crippen molar-refractivity contribution in [3.63, 3.8) is 0 Å². The molecule has 0 fully saturated rings. The first kappa shape index (κ1) is 14.6. The predicted molar refractivity (Wildman–Crippen MR) is 76.1 cm³/mol. The van der Waals surface area contributed by atoms with Crippen LogP contribution in [0.25, 0.3) is 21.8 Å². The molecule has 2 aromatic carbocycles. The summed E-state index contributed by atoms with van der Waals surface area (Å²) in [6.45, 7) is 0. The normalized spacial score (nSPS) is 12.9. The van der Waals surface area contributed by atoms with E-state index in [1.165, 1.54) is 48.5 Å². The second kappa shape index (κ2) is 4.57. The Bertz CT molecular complexity index is 992. The smallest absolute Gasteiger partial charge is 0.288 e. The minimum absolute atomic E-state index is 0.0889. The van der Waals surface area contributed by atoms with E-state index in [1.807, 2.05) is 0 Å². The van der Waals surface area contributed by atoms with Crippen LogP contribution in [0, 0.1) is 0 Å². The van der Waals surface area contributed by atoms with Crippen LogP contribution in [0.15, 0.2) is 53.3 Å². The lowest BCUT2D eigenvalue weighted by Crippen LogP contribution is -2.31. The fraction of sp³-hybridized carbons (Fsp3) is 0.0714. The largest absolute Gasteiger partial charge is 0.517 e. The van der Waals surface area contributed by atoms with E-state index < -0.39 is 21.0 Å². The molecule has 0 amide bonds. The van der Waals surface area contributed by atoms with E-state index in [0.717, 1.165) is 0 Å². The van der Waals surface area contributed by atoms with Crippen molar-refractivity contribution in [1.82, 2.24) is 3.97 Å². The number of halogens is 3. The van der Waals surface area contributed by atoms with Crippen LogP contribution in [0.1, 0.15) is 0 Å². The molecule has 0 unspecified atom stereocenters. The summed E-state index contributed by atoms with van der Waals surface area (Å²) in [6, 6.07) is 10.6. The molecule has 0 aliphatic heterocycles. The van der Waals surface area contributed by atoms with Gasteiger partial charge in [0.05, 0.1) is 11.0 Å². The van der Waals surface area contributed by atoms with Crippen molar-refractivity contribution < 1.29 is 21.6 Å². The number of para-hydroxylation sites is 2. The Morgan fingerprint density at radius 2 is 1.23 bits per heavy atom. The highest BCUT2D eigenvalue weighted by Gasteiger charge is 2.48. The Balaban J connectivity index is 2.68. The molecule has 0 radical (unpaired) electrons. The number of pyridine rings is 1. The molecule has 22 heavy (non-hydrogen) atoms. The van der Waals surface area contributed by atoms with Crippen molar-refractivity contribution in [2.45, 2.75) is 5.51 Å². The maximum Gasteiger partial charge on any atom is 0.517 e. The predicted octanol–water partition coefficient (Wildman–Crippen LogP) is 2.85. The molecule has 3 rings (SSSR count). The first-order valence-corrected chi connectivity index (χ1v) is 7.53. The Morgan fingerprint density at radius 3 is 1.64 bits per heavy atom. The molecular formula is C14H8F3NO3S. The van der Waals surface area contributed by atoms with Crippen LogP contribution in [0.4, 0.5) is 13.2 Å². The Kier molecular flexibility index (Phi) is 3.03. The molecule has 8 heteroatoms. The van der Waals surface area contributed by atoms with Crippen molar-refractivity contribution in [1.29, 1.82) is 0 Å². The highest BCUT2D eigenvalue weighted by atomic mass is 32.2. The summed E-state index contributed by atoms with van der Waals surface area (Å²) in [4.78, 5) is 12.3. The number of fused-ring (bicyclic) bond motifs is 2. The van der Waals surface area contributed by atoms with Crippen LogP contribution < -0.4 is 5.43 Å². The Morgan fingerprint density at radius 1 is 0.818 bits per heavy atom. The van der Waals surface area contributed by atoms with Crippen molar-refractivity contribution in [2.75, 3.05) is 0 Å². The fourth-order valence-electron chi connectivity index (χ4n) is 2.32. The second-order valence-corrected chi connectivity index (χ2v) is 6.36. The van der Waals surface area contributed by atoms with Crippen LogP contribution in [-0.2, 0) is 10.0 Å². The average Bonchev–Trinajstić information content (AvgIpc) is 2.46. The summed E-state index contributed by atoms with van der Waals surface area (Å²) in [5.41, 5.74) is -6.60. The number of nitrogens with zero attached hydrogens (tertiary/aromatic N) is 1. The first-order valence-electron chi connectivity index (χ1n) is 6.09. The minimum Gasteiger partial charge on any atom is -0.288 e. The van der Waals surface area contributed by atoms with Crippen molar-refractivity contribution in [3.8, 4) is 0 Å². The van der Waals surface area contributed by atoms with E-state index in [9.17, 15) is 26.4 Å². The summed E-state index contributed by atoms with van der Waals surface area (Å²) in [7, 11) is -5.67. The standard InChI is InChI=1S/C14H8F3NO3S/c15-14(16,17)22(20,21)18-11-7-3-1-5-9(11)13(19)10-6-2-4-8-12(10)18/h1-8H. The zero-order valence-corrected chi connectivity index (χ0v) is 11.6. The third-order valence-corrected chi connectivity index (χ3v) is 4.73. The molecule has 0 spiro atoms. The third-order valence-electron chi connectivity index (χ3n) is 3.27. The number of rotatable bonds is 1. The van der Waals surface area contributed by atoms with Crippen LogP contribution in [-0.4, -0.2) is 17.9 Å². The van der Waals surface area contributed by atoms with E-state index in [2.05, 4.69) is 0 Å². The molecule has 1 aromatic heterocycles. The number of aromatic nitrogens is 1. The van der Waals surface area contributed by atoms with Gasteiger partial charge in [0.1, 0.15) is 0 Å². The molecular weight excluding hydrogens is 319 g/mol. The fourth-order valence-corrected chi connectivity index (χ4v) is 3.37. The van der Waals surface area contributed by atoms with Gasteiger partial charge < -0.3 is 0 Å². The molecule has 0 bridgehead atoms. The number of hydrogen-bond acceptors (Lipinski definition) is 3. The zero-order valence-electron chi connectivity index (χ0n) is 10.8. The van der Waals surface area contributed by atoms with Crippen LogP contribution >= 0.6 is 0 Å². The summed E-state index contributed by atoms with van der Waals surface area (Å²) in [6.07, 6.45) is 0. The van der Waals surface area contributed by atoms with Crippen molar-refractivity contribution in [3.05, 3.63) is 58.8 Å². The van der Waals surface area contributed by atoms with Gasteiger partial charge in [-0.1, -0.05) is 24.3 Å². The van der Waals surface area contributed by atoms with Gasteiger partial charge in [0.15, 0.2) is 5.43 Å². The highest BCUT2D eigenvalue weighted by molar-refractivity contribution is 7.91. The van der Waals surface area contributed by atoms with Gasteiger partial charge in [-0.25, -0.2) is 3.97 Å². The molecule has 0 N–H and O–H groups in total. The minimum atomic E-state index is -5.67. The number of hydrogen-bond donors (Lipinski definition) is 0. The van der Waals surface area contributed by atoms with Crippen LogP contribution in [0.5, 0.6) is 0 Å². The summed E-state index contributed by atoms with van der Waals surface area (Å²) < 4.78 is 63.0. The Hall–Kier alpha value is -2.35. The summed E-state index contributed by atoms with van der Waals surface area (Å²) in [5, 5.41) is -0.178. The lowest BCUT2D eigenvalue weighted by atomic mass is 10.1. The van der Waals surface area contributed by atoms with Gasteiger partial charge in [-0.2, -0.15) is 21.6 Å². The molecule has 0 saturated carbocycles. The highest BCUT2D eigenvalue weighted by Crippen LogP contribution is 2.30. The van der Waals surface area contributed by atoms with Gasteiger partial charge >= 0.3 is 15.5 Å². The maximum absolute atomic E-state index is 13.0. The van der Waals surface area contributed by atoms with E-state index in [-0.39, 0.29) is 25.8 Å². The monoisotopic (exact) mass is 327 g/mol. The quantitative estimate of drug-likeness (QED) is 0.646. The first-order chi connectivity index (χ1) is 10.2. The van der Waals surface area contributed by atoms with Crippen LogP contribution in [0.2, 0.25) is 0 Å². The van der Waals surface area contributed by atoms with Gasteiger partial charge in [-0.05, 0) is 24.3 Å². The molecule has 114 valence electrons. The van der Waals surface area contributed by atoms with Crippen LogP contribution in [0.3, 0.4) is 0 Å². The lowest BCUT2D eigenvalue weighted by molar-refractivity contribution is -0.0444. The van der Waals surface area contributed by atoms with E-state index in [0.29, 0.717) is 0 Å². The third kappa shape index (κ3) is 1.91. The summed E-state index contributed by atoms with van der Waals surface area (Å²) in [5.74, 6) is 0. The molecule has 1 heterocycles. The van der Waals surface area contributed by atoms with Gasteiger partial charge in [0.2, 0.25) is 0 Å². The number of benzene rings is 2. The maximum atomic E-state index is 13.0. The second-order valence-electron chi connectivity index (χ2n) is 4.58. The zero-order chi connectivity index (χ0) is 16.1. The van der Waals surface area contributed by atoms with E-state index in [1.54, 1.807) is 0 Å². The molecule has 0 atom stereocenters. The van der Waals surface area contributed by atoms with Gasteiger partial charge in [0, 0.05) is 10.8 Å². The lowest BCUT2D eigenvalue weighted by Gasteiger charge is -2.16. The van der Waals surface area contributed by atoms with E-state index >= 15 is 0 Å². The van der Waals surface area contributed by atoms with Gasteiger partial charge in [-0.3, -0.25) is 4.79 Å². The summed E-state index contributed by atoms with van der Waals surface area (Å²) >= 11 is 0. The molecule has 3 aromatic rings. The molecule has 4 nitrogen and oxygen atoms in total. The van der Waals surface area contributed by atoms with Crippen molar-refractivity contribution >= 4 is 31.8 Å². The SMILES string of the molecule is O=c1c2ccccc2n(S(=O)(=O)C(F)(F)F)c2ccccc12. The van der Waals surface area contributed by atoms with E-state index in [4.69, 9.17) is 0 Å². The van der Waals surface area contributed by atoms with Gasteiger partial charge in [-0.15, -0.1) is 0 Å². The molecule has 0 aliphatic rings. The average molecular weight is 327 g/mol. The Labute approximate surface area is 122 Å². The molecule has 0 aliphatic carbocycles. The van der Waals surface area contributed by atoms with Crippen molar-refractivity contribution in [2.24, 2.45) is 0 Å².